The number of fused-ring (bicyclic) bond motifs is 1. The monoisotopic (exact) mass is 371 g/mol. The fourth-order valence-corrected chi connectivity index (χ4v) is 3.16. The first kappa shape index (κ1) is 18.6. The molecule has 0 aromatic heterocycles. The lowest BCUT2D eigenvalue weighted by atomic mass is 9.79. The highest BCUT2D eigenvalue weighted by molar-refractivity contribution is 6.33. The molecule has 0 saturated heterocycles. The molecule has 0 aliphatic carbocycles. The summed E-state index contributed by atoms with van der Waals surface area (Å²) in [6, 6.07) is 9.74. The largest absolute Gasteiger partial charge is 0.505 e. The molecule has 138 valence electrons. The molecule has 26 heavy (non-hydrogen) atoms. The van der Waals surface area contributed by atoms with Gasteiger partial charge in [0.15, 0.2) is 0 Å². The van der Waals surface area contributed by atoms with Crippen molar-refractivity contribution in [1.82, 2.24) is 0 Å². The predicted molar refractivity (Wildman–Crippen MR) is 111 cm³/mol. The minimum Gasteiger partial charge on any atom is -0.505 e. The van der Waals surface area contributed by atoms with Gasteiger partial charge < -0.3 is 5.11 Å². The van der Waals surface area contributed by atoms with E-state index in [4.69, 9.17) is 11.6 Å². The van der Waals surface area contributed by atoms with Gasteiger partial charge in [0.2, 0.25) is 0 Å². The Morgan fingerprint density at radius 1 is 1.04 bits per heavy atom. The number of phenols is 1. The van der Waals surface area contributed by atoms with Crippen LogP contribution in [-0.2, 0) is 10.8 Å². The SMILES string of the molecule is CC(C)(C)c1cc(N2N=Cc3c(Cl)cccc3N2)c(O)c(C(C)(C)C)c1. The number of nitrogens with one attached hydrogen (secondary N) is 1. The number of rotatable bonds is 1. The number of phenolic OH excluding ortho intramolecular Hbond substituents is 1. The number of hydrazine groups is 1. The lowest BCUT2D eigenvalue weighted by molar-refractivity contribution is 0.444. The molecule has 0 atom stereocenters. The van der Waals surface area contributed by atoms with Crippen LogP contribution in [0, 0.1) is 0 Å². The molecule has 0 unspecified atom stereocenters. The fourth-order valence-electron chi connectivity index (χ4n) is 2.93. The van der Waals surface area contributed by atoms with Crippen LogP contribution >= 0.6 is 11.6 Å². The first-order valence-corrected chi connectivity index (χ1v) is 9.13. The second kappa shape index (κ2) is 6.20. The summed E-state index contributed by atoms with van der Waals surface area (Å²) in [6.07, 6.45) is 1.72. The van der Waals surface area contributed by atoms with Crippen molar-refractivity contribution in [3.8, 4) is 5.75 Å². The molecule has 0 spiro atoms. The van der Waals surface area contributed by atoms with E-state index in [0.29, 0.717) is 10.7 Å². The van der Waals surface area contributed by atoms with Gasteiger partial charge in [0.05, 0.1) is 16.9 Å². The highest BCUT2D eigenvalue weighted by atomic mass is 35.5. The molecule has 2 aromatic carbocycles. The Bertz CT molecular complexity index is 876. The van der Waals surface area contributed by atoms with Crippen molar-refractivity contribution in [3.05, 3.63) is 52.0 Å². The summed E-state index contributed by atoms with van der Waals surface area (Å²) >= 11 is 6.24. The normalized spacial score (nSPS) is 14.2. The van der Waals surface area contributed by atoms with Crippen molar-refractivity contribution in [2.75, 3.05) is 10.5 Å². The van der Waals surface area contributed by atoms with Gasteiger partial charge in [-0.05, 0) is 34.6 Å². The zero-order valence-electron chi connectivity index (χ0n) is 16.2. The van der Waals surface area contributed by atoms with Crippen LogP contribution in [0.15, 0.2) is 35.4 Å². The van der Waals surface area contributed by atoms with Crippen LogP contribution in [0.5, 0.6) is 5.75 Å². The standard InChI is InChI=1S/C21H26ClN3O/c1-20(2,3)13-10-15(21(4,5)6)19(26)18(11-13)25-23-12-14-16(22)8-7-9-17(14)24-25/h7-12,24,26H,1-6H3. The molecule has 2 N–H and O–H groups in total. The second-order valence-corrected chi connectivity index (χ2v) is 9.17. The molecule has 1 aliphatic rings. The Morgan fingerprint density at radius 2 is 1.73 bits per heavy atom. The fraction of sp³-hybridized carbons (Fsp3) is 0.381. The Morgan fingerprint density at radius 3 is 2.35 bits per heavy atom. The van der Waals surface area contributed by atoms with Crippen LogP contribution in [-0.4, -0.2) is 11.3 Å². The molecule has 5 heteroatoms. The van der Waals surface area contributed by atoms with Crippen LogP contribution in [0.4, 0.5) is 11.4 Å². The molecule has 0 saturated carbocycles. The number of aromatic hydroxyl groups is 1. The third-order valence-corrected chi connectivity index (χ3v) is 4.90. The van der Waals surface area contributed by atoms with E-state index in [2.05, 4.69) is 58.1 Å². The van der Waals surface area contributed by atoms with E-state index in [9.17, 15) is 5.11 Å². The first-order chi connectivity index (χ1) is 12.0. The van der Waals surface area contributed by atoms with Gasteiger partial charge in [0.25, 0.3) is 0 Å². The summed E-state index contributed by atoms with van der Waals surface area (Å²) in [5.74, 6) is 0.237. The number of hydrogen-bond acceptors (Lipinski definition) is 4. The molecule has 0 fully saturated rings. The molecule has 3 rings (SSSR count). The van der Waals surface area contributed by atoms with Crippen LogP contribution in [0.3, 0.4) is 0 Å². The smallest absolute Gasteiger partial charge is 0.146 e. The van der Waals surface area contributed by atoms with E-state index in [1.54, 1.807) is 11.3 Å². The van der Waals surface area contributed by atoms with Crippen molar-refractivity contribution in [1.29, 1.82) is 0 Å². The van der Waals surface area contributed by atoms with E-state index in [-0.39, 0.29) is 16.6 Å². The average Bonchev–Trinajstić information content (AvgIpc) is 2.52. The Hall–Kier alpha value is -2.20. The third kappa shape index (κ3) is 3.38. The van der Waals surface area contributed by atoms with Crippen molar-refractivity contribution in [3.63, 3.8) is 0 Å². The second-order valence-electron chi connectivity index (χ2n) is 8.76. The van der Waals surface area contributed by atoms with E-state index in [1.165, 1.54) is 0 Å². The molecule has 0 radical (unpaired) electrons. The summed E-state index contributed by atoms with van der Waals surface area (Å²) in [5, 5.41) is 17.7. The van der Waals surface area contributed by atoms with Crippen LogP contribution in [0.25, 0.3) is 0 Å². The quantitative estimate of drug-likeness (QED) is 0.663. The van der Waals surface area contributed by atoms with Crippen molar-refractivity contribution < 1.29 is 5.11 Å². The van der Waals surface area contributed by atoms with Gasteiger partial charge in [-0.15, -0.1) is 0 Å². The predicted octanol–water partition coefficient (Wildman–Crippen LogP) is 5.82. The Balaban J connectivity index is 2.14. The van der Waals surface area contributed by atoms with E-state index < -0.39 is 0 Å². The van der Waals surface area contributed by atoms with Crippen molar-refractivity contribution in [2.45, 2.75) is 52.4 Å². The summed E-state index contributed by atoms with van der Waals surface area (Å²) in [7, 11) is 0. The van der Waals surface area contributed by atoms with Crippen LogP contribution < -0.4 is 10.5 Å². The maximum atomic E-state index is 11.0. The van der Waals surface area contributed by atoms with Gasteiger partial charge in [0.1, 0.15) is 11.4 Å². The number of halogens is 1. The Kier molecular flexibility index (Phi) is 4.43. The average molecular weight is 372 g/mol. The number of hydrazone groups is 1. The maximum Gasteiger partial charge on any atom is 0.146 e. The highest BCUT2D eigenvalue weighted by Crippen LogP contribution is 2.42. The Labute approximate surface area is 160 Å². The lowest BCUT2D eigenvalue weighted by Gasteiger charge is -2.31. The molecular weight excluding hydrogens is 346 g/mol. The summed E-state index contributed by atoms with van der Waals surface area (Å²) in [6.45, 7) is 12.8. The molecule has 1 heterocycles. The zero-order chi connectivity index (χ0) is 19.3. The minimum atomic E-state index is -0.194. The molecule has 4 nitrogen and oxygen atoms in total. The van der Waals surface area contributed by atoms with E-state index in [1.807, 2.05) is 24.3 Å². The van der Waals surface area contributed by atoms with Gasteiger partial charge in [-0.3, -0.25) is 5.43 Å². The van der Waals surface area contributed by atoms with Gasteiger partial charge >= 0.3 is 0 Å². The van der Waals surface area contributed by atoms with Crippen LogP contribution in [0.2, 0.25) is 5.02 Å². The van der Waals surface area contributed by atoms with Crippen molar-refractivity contribution in [2.24, 2.45) is 5.10 Å². The summed E-state index contributed by atoms with van der Waals surface area (Å²) in [4.78, 5) is 0. The number of nitrogens with zero attached hydrogens (tertiary/aromatic N) is 2. The minimum absolute atomic E-state index is 0.0524. The first-order valence-electron chi connectivity index (χ1n) is 8.76. The summed E-state index contributed by atoms with van der Waals surface area (Å²) in [5.41, 5.74) is 7.36. The number of hydrogen-bond donors (Lipinski definition) is 2. The van der Waals surface area contributed by atoms with E-state index in [0.717, 1.165) is 22.4 Å². The molecule has 1 aliphatic heterocycles. The number of anilines is 2. The third-order valence-electron chi connectivity index (χ3n) is 4.57. The maximum absolute atomic E-state index is 11.0. The number of benzene rings is 2. The molecule has 0 bridgehead atoms. The van der Waals surface area contributed by atoms with Gasteiger partial charge in [-0.25, -0.2) is 0 Å². The topological polar surface area (TPSA) is 47.9 Å². The van der Waals surface area contributed by atoms with Gasteiger partial charge in [-0.1, -0.05) is 65.3 Å². The van der Waals surface area contributed by atoms with Crippen molar-refractivity contribution >= 4 is 29.2 Å². The molecule has 2 aromatic rings. The van der Waals surface area contributed by atoms with Gasteiger partial charge in [0, 0.05) is 11.1 Å². The highest BCUT2D eigenvalue weighted by Gasteiger charge is 2.28. The van der Waals surface area contributed by atoms with Crippen LogP contribution in [0.1, 0.15) is 58.2 Å². The lowest BCUT2D eigenvalue weighted by Crippen LogP contribution is -2.29. The molecular formula is C21H26ClN3O. The summed E-state index contributed by atoms with van der Waals surface area (Å²) < 4.78 is 0. The van der Waals surface area contributed by atoms with E-state index >= 15 is 0 Å². The zero-order valence-corrected chi connectivity index (χ0v) is 16.9. The van der Waals surface area contributed by atoms with Gasteiger partial charge in [-0.2, -0.15) is 10.2 Å². The molecule has 0 amide bonds.